The predicted octanol–water partition coefficient (Wildman–Crippen LogP) is 3.40. The summed E-state index contributed by atoms with van der Waals surface area (Å²) in [7, 11) is 2.64. The second-order valence-electron chi connectivity index (χ2n) is 7.23. The van der Waals surface area contributed by atoms with Crippen LogP contribution in [-0.2, 0) is 30.9 Å². The molecule has 2 fully saturated rings. The molecule has 0 amide bonds. The highest BCUT2D eigenvalue weighted by molar-refractivity contribution is 6.01. The van der Waals surface area contributed by atoms with Crippen LogP contribution in [0.4, 0.5) is 0 Å². The Balaban J connectivity index is 1.79. The van der Waals surface area contributed by atoms with Crippen molar-refractivity contribution in [2.75, 3.05) is 14.2 Å². The minimum atomic E-state index is -1.18. The number of unbranched alkanes of at least 4 members (excludes halogenated alkanes) is 2. The average molecular weight is 334 g/mol. The fourth-order valence-corrected chi connectivity index (χ4v) is 4.40. The third-order valence-corrected chi connectivity index (χ3v) is 5.78. The van der Waals surface area contributed by atoms with E-state index in [1.165, 1.54) is 27.1 Å². The molecule has 2 saturated carbocycles. The summed E-state index contributed by atoms with van der Waals surface area (Å²) >= 11 is 0. The Labute approximate surface area is 142 Å². The van der Waals surface area contributed by atoms with Crippen molar-refractivity contribution in [2.24, 2.45) is 11.3 Å². The zero-order chi connectivity index (χ0) is 17.4. The second kappa shape index (κ2) is 6.26. The van der Waals surface area contributed by atoms with E-state index < -0.39 is 17.4 Å². The molecule has 2 unspecified atom stereocenters. The molecule has 1 aromatic heterocycles. The molecule has 2 aliphatic rings. The first kappa shape index (κ1) is 17.1. The van der Waals surface area contributed by atoms with Gasteiger partial charge in [-0.1, -0.05) is 19.8 Å². The zero-order valence-electron chi connectivity index (χ0n) is 14.7. The SMILES string of the molecule is CCCCCc1ccc(C23CC2CC(C(=O)OC)(C(=O)OC)C3)o1. The van der Waals surface area contributed by atoms with Gasteiger partial charge in [-0.05, 0) is 43.7 Å². The predicted molar refractivity (Wildman–Crippen MR) is 87.4 cm³/mol. The third-order valence-electron chi connectivity index (χ3n) is 5.78. The van der Waals surface area contributed by atoms with Crippen LogP contribution >= 0.6 is 0 Å². The van der Waals surface area contributed by atoms with Gasteiger partial charge in [0, 0.05) is 11.8 Å². The second-order valence-corrected chi connectivity index (χ2v) is 7.23. The molecule has 1 aromatic rings. The molecule has 0 saturated heterocycles. The Hall–Kier alpha value is -1.78. The number of ether oxygens (including phenoxy) is 2. The van der Waals surface area contributed by atoms with E-state index in [4.69, 9.17) is 13.9 Å². The topological polar surface area (TPSA) is 65.7 Å². The molecule has 0 N–H and O–H groups in total. The fraction of sp³-hybridized carbons (Fsp3) is 0.684. The summed E-state index contributed by atoms with van der Waals surface area (Å²) in [6.45, 7) is 2.18. The van der Waals surface area contributed by atoms with Crippen LogP contribution in [0.25, 0.3) is 0 Å². The Morgan fingerprint density at radius 2 is 1.88 bits per heavy atom. The van der Waals surface area contributed by atoms with Gasteiger partial charge in [0.1, 0.15) is 11.5 Å². The first-order valence-corrected chi connectivity index (χ1v) is 8.78. The summed E-state index contributed by atoms with van der Waals surface area (Å²) in [5.74, 6) is 1.21. The van der Waals surface area contributed by atoms with Gasteiger partial charge in [0.25, 0.3) is 0 Å². The van der Waals surface area contributed by atoms with Gasteiger partial charge < -0.3 is 13.9 Å². The Kier molecular flexibility index (Phi) is 4.45. The van der Waals surface area contributed by atoms with Gasteiger partial charge in [0.05, 0.1) is 14.2 Å². The summed E-state index contributed by atoms with van der Waals surface area (Å²) < 4.78 is 15.9. The van der Waals surface area contributed by atoms with Crippen molar-refractivity contribution < 1.29 is 23.5 Å². The number of aryl methyl sites for hydroxylation is 1. The maximum Gasteiger partial charge on any atom is 0.323 e. The maximum atomic E-state index is 12.3. The van der Waals surface area contributed by atoms with Crippen LogP contribution in [0.1, 0.15) is 57.0 Å². The summed E-state index contributed by atoms with van der Waals surface area (Å²) in [4.78, 5) is 24.6. The number of methoxy groups -OCH3 is 2. The van der Waals surface area contributed by atoms with E-state index in [1.54, 1.807) is 0 Å². The lowest BCUT2D eigenvalue weighted by atomic mass is 9.80. The molecule has 2 aliphatic carbocycles. The minimum absolute atomic E-state index is 0.203. The number of hydrogen-bond acceptors (Lipinski definition) is 5. The molecule has 1 heterocycles. The van der Waals surface area contributed by atoms with Crippen molar-refractivity contribution in [3.05, 3.63) is 23.7 Å². The number of carbonyl (C=O) groups is 2. The van der Waals surface area contributed by atoms with Crippen molar-refractivity contribution >= 4 is 11.9 Å². The third kappa shape index (κ3) is 2.54. The molecule has 3 rings (SSSR count). The molecule has 0 radical (unpaired) electrons. The number of rotatable bonds is 7. The van der Waals surface area contributed by atoms with E-state index in [9.17, 15) is 9.59 Å². The quantitative estimate of drug-likeness (QED) is 0.434. The fourth-order valence-electron chi connectivity index (χ4n) is 4.40. The standard InChI is InChI=1S/C19H26O5/c1-4-5-6-7-14-8-9-15(24-14)18-10-13(18)11-19(12-18,16(20)22-2)17(21)23-3/h8-9,13H,4-7,10-12H2,1-3H3. The van der Waals surface area contributed by atoms with Gasteiger partial charge >= 0.3 is 11.9 Å². The molecule has 0 spiro atoms. The Morgan fingerprint density at radius 1 is 1.17 bits per heavy atom. The molecular formula is C19H26O5. The first-order valence-electron chi connectivity index (χ1n) is 8.78. The maximum absolute atomic E-state index is 12.3. The smallest absolute Gasteiger partial charge is 0.323 e. The summed E-state index contributed by atoms with van der Waals surface area (Å²) in [6.07, 6.45) is 6.30. The van der Waals surface area contributed by atoms with E-state index in [0.717, 1.165) is 30.8 Å². The van der Waals surface area contributed by atoms with Crippen LogP contribution in [0.15, 0.2) is 16.5 Å². The van der Waals surface area contributed by atoms with E-state index >= 15 is 0 Å². The van der Waals surface area contributed by atoms with E-state index in [0.29, 0.717) is 12.8 Å². The van der Waals surface area contributed by atoms with Crippen LogP contribution in [0.5, 0.6) is 0 Å². The Morgan fingerprint density at radius 3 is 2.50 bits per heavy atom. The molecule has 5 nitrogen and oxygen atoms in total. The van der Waals surface area contributed by atoms with E-state index in [-0.39, 0.29) is 11.3 Å². The summed E-state index contributed by atoms with van der Waals surface area (Å²) in [5.41, 5.74) is -1.38. The number of esters is 2. The van der Waals surface area contributed by atoms with Crippen LogP contribution in [0, 0.1) is 11.3 Å². The van der Waals surface area contributed by atoms with Crippen LogP contribution in [-0.4, -0.2) is 26.2 Å². The van der Waals surface area contributed by atoms with Gasteiger partial charge in [-0.3, -0.25) is 9.59 Å². The van der Waals surface area contributed by atoms with Crippen LogP contribution in [0.3, 0.4) is 0 Å². The van der Waals surface area contributed by atoms with Crippen LogP contribution in [0.2, 0.25) is 0 Å². The molecule has 2 atom stereocenters. The minimum Gasteiger partial charge on any atom is -0.468 e. The molecule has 0 aliphatic heterocycles. The lowest BCUT2D eigenvalue weighted by Gasteiger charge is -2.26. The molecule has 24 heavy (non-hydrogen) atoms. The first-order chi connectivity index (χ1) is 11.5. The summed E-state index contributed by atoms with van der Waals surface area (Å²) in [5, 5.41) is 0. The van der Waals surface area contributed by atoms with Crippen molar-refractivity contribution in [3.63, 3.8) is 0 Å². The molecule has 0 aromatic carbocycles. The molecule has 5 heteroatoms. The highest BCUT2D eigenvalue weighted by Crippen LogP contribution is 2.70. The van der Waals surface area contributed by atoms with E-state index in [2.05, 4.69) is 6.92 Å². The number of furan rings is 1. The van der Waals surface area contributed by atoms with Crippen LogP contribution < -0.4 is 0 Å². The number of carbonyl (C=O) groups excluding carboxylic acids is 2. The van der Waals surface area contributed by atoms with Gasteiger partial charge in [0.15, 0.2) is 5.41 Å². The average Bonchev–Trinajstić information content (AvgIpc) is 2.97. The van der Waals surface area contributed by atoms with Crippen molar-refractivity contribution in [1.29, 1.82) is 0 Å². The highest BCUT2D eigenvalue weighted by atomic mass is 16.5. The highest BCUT2D eigenvalue weighted by Gasteiger charge is 2.72. The number of hydrogen-bond donors (Lipinski definition) is 0. The monoisotopic (exact) mass is 334 g/mol. The molecular weight excluding hydrogens is 308 g/mol. The van der Waals surface area contributed by atoms with Crippen molar-refractivity contribution in [1.82, 2.24) is 0 Å². The Bertz CT molecular complexity index is 615. The van der Waals surface area contributed by atoms with Gasteiger partial charge in [0.2, 0.25) is 0 Å². The zero-order valence-corrected chi connectivity index (χ0v) is 14.7. The van der Waals surface area contributed by atoms with Gasteiger partial charge in [-0.2, -0.15) is 0 Å². The largest absolute Gasteiger partial charge is 0.468 e. The lowest BCUT2D eigenvalue weighted by Crippen LogP contribution is -2.41. The normalized spacial score (nSPS) is 26.7. The van der Waals surface area contributed by atoms with Gasteiger partial charge in [-0.15, -0.1) is 0 Å². The summed E-state index contributed by atoms with van der Waals surface area (Å²) in [6, 6.07) is 4.05. The van der Waals surface area contributed by atoms with Crippen molar-refractivity contribution in [3.8, 4) is 0 Å². The van der Waals surface area contributed by atoms with Crippen molar-refractivity contribution in [2.45, 2.75) is 57.3 Å². The lowest BCUT2D eigenvalue weighted by molar-refractivity contribution is -0.169. The molecule has 132 valence electrons. The van der Waals surface area contributed by atoms with Gasteiger partial charge in [-0.25, -0.2) is 0 Å². The van der Waals surface area contributed by atoms with E-state index in [1.807, 2.05) is 12.1 Å². The molecule has 0 bridgehead atoms. The number of fused-ring (bicyclic) bond motifs is 1.